The Kier molecular flexibility index (Phi) is 8.56. The molecule has 0 amide bonds. The summed E-state index contributed by atoms with van der Waals surface area (Å²) in [5.74, 6) is 0. The normalized spacial score (nSPS) is 7.40. The van der Waals surface area contributed by atoms with Crippen LogP contribution in [-0.4, -0.2) is 23.1 Å². The van der Waals surface area contributed by atoms with E-state index in [-0.39, 0.29) is 47.0 Å². The fourth-order valence-electron chi connectivity index (χ4n) is 0.580. The Morgan fingerprint density at radius 2 is 1.80 bits per heavy atom. The molecule has 0 spiro atoms. The van der Waals surface area contributed by atoms with E-state index in [9.17, 15) is 0 Å². The molecular formula is C8H9IMg. The molecule has 0 aliphatic heterocycles. The molecule has 50 valence electrons. The second-order valence-electron chi connectivity index (χ2n) is 2.05. The average molecular weight is 256 g/mol. The third-order valence-corrected chi connectivity index (χ3v) is 1.12. The molecule has 0 nitrogen and oxygen atoms in total. The van der Waals surface area contributed by atoms with Crippen molar-refractivity contribution in [3.05, 3.63) is 35.4 Å². The summed E-state index contributed by atoms with van der Waals surface area (Å²) < 4.78 is 0. The molecule has 0 bridgehead atoms. The van der Waals surface area contributed by atoms with Crippen LogP contribution in [0.2, 0.25) is 0 Å². The monoisotopic (exact) mass is 256 g/mol. The fourth-order valence-corrected chi connectivity index (χ4v) is 0.580. The summed E-state index contributed by atoms with van der Waals surface area (Å²) >= 11 is 0. The van der Waals surface area contributed by atoms with Crippen LogP contribution in [0.1, 0.15) is 11.1 Å². The molecule has 1 aromatic rings. The fraction of sp³-hybridized carbons (Fsp3) is 0.250. The number of benzene rings is 1. The molecule has 0 radical (unpaired) electrons. The summed E-state index contributed by atoms with van der Waals surface area (Å²) in [4.78, 5) is 0. The Balaban J connectivity index is 0. The number of hydrogen-bond donors (Lipinski definition) is 0. The van der Waals surface area contributed by atoms with Gasteiger partial charge in [0.1, 0.15) is 0 Å². The SMILES string of the molecule is Cc1[c-]cc(C)cc1.[I-].[Mg+2]. The van der Waals surface area contributed by atoms with Crippen molar-refractivity contribution in [3.8, 4) is 0 Å². The molecule has 1 rings (SSSR count). The van der Waals surface area contributed by atoms with E-state index in [1.807, 2.05) is 13.0 Å². The minimum Gasteiger partial charge on any atom is -1.00 e. The summed E-state index contributed by atoms with van der Waals surface area (Å²) in [5.41, 5.74) is 2.48. The molecule has 2 heteroatoms. The van der Waals surface area contributed by atoms with Crippen molar-refractivity contribution in [1.82, 2.24) is 0 Å². The molecule has 0 atom stereocenters. The van der Waals surface area contributed by atoms with Crippen molar-refractivity contribution < 1.29 is 24.0 Å². The van der Waals surface area contributed by atoms with E-state index in [0.717, 1.165) is 0 Å². The van der Waals surface area contributed by atoms with Gasteiger partial charge in [-0.3, -0.25) is 0 Å². The van der Waals surface area contributed by atoms with Crippen molar-refractivity contribution in [1.29, 1.82) is 0 Å². The van der Waals surface area contributed by atoms with Gasteiger partial charge in [0.05, 0.1) is 0 Å². The van der Waals surface area contributed by atoms with Gasteiger partial charge in [-0.25, -0.2) is 0 Å². The van der Waals surface area contributed by atoms with Gasteiger partial charge in [0.15, 0.2) is 0 Å². The van der Waals surface area contributed by atoms with E-state index in [1.165, 1.54) is 11.1 Å². The largest absolute Gasteiger partial charge is 2.00 e. The molecule has 0 unspecified atom stereocenters. The van der Waals surface area contributed by atoms with Gasteiger partial charge in [0.2, 0.25) is 0 Å². The third kappa shape index (κ3) is 4.52. The minimum atomic E-state index is 0. The zero-order chi connectivity index (χ0) is 5.98. The van der Waals surface area contributed by atoms with Crippen molar-refractivity contribution in [2.75, 3.05) is 0 Å². The van der Waals surface area contributed by atoms with Crippen LogP contribution in [0.15, 0.2) is 18.2 Å². The van der Waals surface area contributed by atoms with E-state index >= 15 is 0 Å². The molecule has 0 heterocycles. The Morgan fingerprint density at radius 1 is 1.20 bits per heavy atom. The topological polar surface area (TPSA) is 0 Å². The van der Waals surface area contributed by atoms with E-state index in [0.29, 0.717) is 0 Å². The molecule has 0 N–H and O–H groups in total. The average Bonchev–Trinajstić information content (AvgIpc) is 1.77. The maximum atomic E-state index is 3.10. The maximum absolute atomic E-state index is 3.10. The molecule has 10 heavy (non-hydrogen) atoms. The predicted octanol–water partition coefficient (Wildman–Crippen LogP) is -1.27. The Hall–Kier alpha value is 0.716. The molecule has 0 saturated carbocycles. The molecule has 0 saturated heterocycles. The zero-order valence-electron chi connectivity index (χ0n) is 6.32. The van der Waals surface area contributed by atoms with Gasteiger partial charge in [-0.2, -0.15) is 35.4 Å². The van der Waals surface area contributed by atoms with Crippen molar-refractivity contribution >= 4 is 23.1 Å². The van der Waals surface area contributed by atoms with Crippen molar-refractivity contribution in [3.63, 3.8) is 0 Å². The molecular weight excluding hydrogens is 247 g/mol. The standard InChI is InChI=1S/C8H9.HI.Mg/c1-7-3-5-8(2)6-4-7;;/h3-5H,1-2H3;1H;/q-1;;+2/p-1. The first kappa shape index (κ1) is 13.3. The van der Waals surface area contributed by atoms with E-state index in [1.54, 1.807) is 0 Å². The first-order valence-corrected chi connectivity index (χ1v) is 2.74. The molecule has 0 aromatic heterocycles. The van der Waals surface area contributed by atoms with Crippen molar-refractivity contribution in [2.45, 2.75) is 13.8 Å². The number of hydrogen-bond acceptors (Lipinski definition) is 0. The van der Waals surface area contributed by atoms with Gasteiger partial charge >= 0.3 is 23.1 Å². The minimum absolute atomic E-state index is 0. The van der Waals surface area contributed by atoms with Gasteiger partial charge in [-0.05, 0) is 0 Å². The van der Waals surface area contributed by atoms with Crippen LogP contribution in [0.3, 0.4) is 0 Å². The van der Waals surface area contributed by atoms with Gasteiger partial charge in [0.25, 0.3) is 0 Å². The first-order valence-electron chi connectivity index (χ1n) is 2.74. The summed E-state index contributed by atoms with van der Waals surface area (Å²) in [6.07, 6.45) is 0. The van der Waals surface area contributed by atoms with Crippen molar-refractivity contribution in [2.24, 2.45) is 0 Å². The van der Waals surface area contributed by atoms with Crippen LogP contribution in [0, 0.1) is 19.9 Å². The van der Waals surface area contributed by atoms with Crippen LogP contribution in [-0.2, 0) is 0 Å². The zero-order valence-corrected chi connectivity index (χ0v) is 9.89. The van der Waals surface area contributed by atoms with Gasteiger partial charge in [-0.1, -0.05) is 13.8 Å². The van der Waals surface area contributed by atoms with Crippen LogP contribution < -0.4 is 24.0 Å². The van der Waals surface area contributed by atoms with E-state index < -0.39 is 0 Å². The predicted molar refractivity (Wildman–Crippen MR) is 40.5 cm³/mol. The number of rotatable bonds is 0. The second kappa shape index (κ2) is 6.43. The smallest absolute Gasteiger partial charge is 1.00 e. The Morgan fingerprint density at radius 3 is 2.10 bits per heavy atom. The molecule has 0 aliphatic rings. The number of halogens is 1. The van der Waals surface area contributed by atoms with E-state index in [4.69, 9.17) is 0 Å². The van der Waals surface area contributed by atoms with Gasteiger partial charge in [0, 0.05) is 0 Å². The maximum Gasteiger partial charge on any atom is 2.00 e. The molecule has 0 fully saturated rings. The summed E-state index contributed by atoms with van der Waals surface area (Å²) in [6, 6.07) is 9.25. The van der Waals surface area contributed by atoms with E-state index in [2.05, 4.69) is 25.1 Å². The number of aryl methyl sites for hydroxylation is 2. The van der Waals surface area contributed by atoms with Gasteiger partial charge in [-0.15, -0.1) is 0 Å². The molecule has 1 aromatic carbocycles. The van der Waals surface area contributed by atoms with Gasteiger partial charge < -0.3 is 24.0 Å². The summed E-state index contributed by atoms with van der Waals surface area (Å²) in [5, 5.41) is 0. The summed E-state index contributed by atoms with van der Waals surface area (Å²) in [6.45, 7) is 4.11. The van der Waals surface area contributed by atoms with Crippen LogP contribution in [0.25, 0.3) is 0 Å². The Labute approximate surface area is 95.6 Å². The second-order valence-corrected chi connectivity index (χ2v) is 2.05. The first-order chi connectivity index (χ1) is 3.79. The van der Waals surface area contributed by atoms with Crippen LogP contribution in [0.4, 0.5) is 0 Å². The molecule has 0 aliphatic carbocycles. The summed E-state index contributed by atoms with van der Waals surface area (Å²) in [7, 11) is 0. The van der Waals surface area contributed by atoms with Crippen LogP contribution >= 0.6 is 0 Å². The third-order valence-electron chi connectivity index (χ3n) is 1.12. The quantitative estimate of drug-likeness (QED) is 0.308. The Bertz CT molecular complexity index is 148. The van der Waals surface area contributed by atoms with Crippen LogP contribution in [0.5, 0.6) is 0 Å².